The molecule has 4 N–H and O–H groups in total. The minimum absolute atomic E-state index is 0.119. The number of carbonyl (C=O) groups is 1. The first-order valence-corrected chi connectivity index (χ1v) is 7.94. The number of anilines is 1. The zero-order valence-corrected chi connectivity index (χ0v) is 12.5. The van der Waals surface area contributed by atoms with Crippen LogP contribution in [0.25, 0.3) is 0 Å². The molecule has 1 atom stereocenters. The summed E-state index contributed by atoms with van der Waals surface area (Å²) in [5.74, 6) is 0.0467. The first kappa shape index (κ1) is 16.6. The van der Waals surface area contributed by atoms with E-state index in [1.54, 1.807) is 12.1 Å². The molecule has 112 valence electrons. The third-order valence-corrected chi connectivity index (χ3v) is 4.53. The average molecular weight is 299 g/mol. The molecule has 0 saturated carbocycles. The minimum Gasteiger partial charge on any atom is -0.330 e. The molecular formula is C13H21N3O3S. The molecule has 7 heteroatoms. The predicted molar refractivity (Wildman–Crippen MR) is 78.8 cm³/mol. The van der Waals surface area contributed by atoms with Gasteiger partial charge in [-0.05, 0) is 43.8 Å². The van der Waals surface area contributed by atoms with Crippen molar-refractivity contribution in [1.82, 2.24) is 4.72 Å². The van der Waals surface area contributed by atoms with Crippen molar-refractivity contribution < 1.29 is 13.2 Å². The Kier molecular flexibility index (Phi) is 6.12. The SMILES string of the molecule is CCC(CN)CC(=O)Nc1ccc(S(=O)(=O)NC)cc1. The lowest BCUT2D eigenvalue weighted by atomic mass is 10.0. The molecule has 1 amide bonds. The van der Waals surface area contributed by atoms with E-state index in [-0.39, 0.29) is 16.7 Å². The van der Waals surface area contributed by atoms with E-state index in [1.165, 1.54) is 19.2 Å². The Balaban J connectivity index is 2.69. The summed E-state index contributed by atoms with van der Waals surface area (Å²) in [6.07, 6.45) is 1.22. The summed E-state index contributed by atoms with van der Waals surface area (Å²) in [4.78, 5) is 11.9. The van der Waals surface area contributed by atoms with Crippen LogP contribution in [0.4, 0.5) is 5.69 Å². The highest BCUT2D eigenvalue weighted by Gasteiger charge is 2.13. The fourth-order valence-corrected chi connectivity index (χ4v) is 2.43. The molecule has 1 aromatic carbocycles. The van der Waals surface area contributed by atoms with Gasteiger partial charge in [-0.2, -0.15) is 0 Å². The van der Waals surface area contributed by atoms with Crippen molar-refractivity contribution in [1.29, 1.82) is 0 Å². The van der Waals surface area contributed by atoms with Gasteiger partial charge in [-0.15, -0.1) is 0 Å². The number of carbonyl (C=O) groups excluding carboxylic acids is 1. The summed E-state index contributed by atoms with van der Waals surface area (Å²) in [5.41, 5.74) is 6.12. The standard InChI is InChI=1S/C13H21N3O3S/c1-3-10(9-14)8-13(17)16-11-4-6-12(7-5-11)20(18,19)15-2/h4-7,10,15H,3,8-9,14H2,1-2H3,(H,16,17). The zero-order valence-electron chi connectivity index (χ0n) is 11.7. The van der Waals surface area contributed by atoms with Crippen LogP contribution < -0.4 is 15.8 Å². The highest BCUT2D eigenvalue weighted by molar-refractivity contribution is 7.89. The van der Waals surface area contributed by atoms with Gasteiger partial charge in [0, 0.05) is 12.1 Å². The van der Waals surface area contributed by atoms with Crippen molar-refractivity contribution >= 4 is 21.6 Å². The second-order valence-electron chi connectivity index (χ2n) is 4.49. The van der Waals surface area contributed by atoms with Gasteiger partial charge in [0.15, 0.2) is 0 Å². The number of benzene rings is 1. The smallest absolute Gasteiger partial charge is 0.240 e. The first-order valence-electron chi connectivity index (χ1n) is 6.46. The summed E-state index contributed by atoms with van der Waals surface area (Å²) in [7, 11) is -2.10. The summed E-state index contributed by atoms with van der Waals surface area (Å²) in [6.45, 7) is 2.46. The highest BCUT2D eigenvalue weighted by atomic mass is 32.2. The van der Waals surface area contributed by atoms with E-state index >= 15 is 0 Å². The molecule has 1 aromatic rings. The van der Waals surface area contributed by atoms with E-state index in [0.717, 1.165) is 6.42 Å². The molecule has 0 fully saturated rings. The molecule has 0 aliphatic rings. The molecule has 0 aliphatic heterocycles. The van der Waals surface area contributed by atoms with Crippen LogP contribution in [0.5, 0.6) is 0 Å². The number of hydrogen-bond donors (Lipinski definition) is 3. The third kappa shape index (κ3) is 4.59. The maximum absolute atomic E-state index is 11.8. The minimum atomic E-state index is -3.45. The van der Waals surface area contributed by atoms with Gasteiger partial charge in [-0.3, -0.25) is 4.79 Å². The molecule has 0 spiro atoms. The highest BCUT2D eigenvalue weighted by Crippen LogP contribution is 2.15. The van der Waals surface area contributed by atoms with Crippen molar-refractivity contribution in [2.24, 2.45) is 11.7 Å². The Morgan fingerprint density at radius 1 is 1.30 bits per heavy atom. The normalized spacial score (nSPS) is 12.9. The fourth-order valence-electron chi connectivity index (χ4n) is 1.70. The Labute approximate surface area is 119 Å². The van der Waals surface area contributed by atoms with E-state index in [4.69, 9.17) is 5.73 Å². The van der Waals surface area contributed by atoms with E-state index in [1.807, 2.05) is 6.92 Å². The Morgan fingerprint density at radius 3 is 2.35 bits per heavy atom. The van der Waals surface area contributed by atoms with Crippen LogP contribution in [0.15, 0.2) is 29.2 Å². The molecule has 0 heterocycles. The number of sulfonamides is 1. The second-order valence-corrected chi connectivity index (χ2v) is 6.38. The van der Waals surface area contributed by atoms with Gasteiger partial charge in [-0.1, -0.05) is 13.3 Å². The molecule has 0 aliphatic carbocycles. The quantitative estimate of drug-likeness (QED) is 0.696. The number of amides is 1. The van der Waals surface area contributed by atoms with Gasteiger partial charge in [0.05, 0.1) is 4.90 Å². The summed E-state index contributed by atoms with van der Waals surface area (Å²) < 4.78 is 25.3. The van der Waals surface area contributed by atoms with Crippen molar-refractivity contribution in [2.75, 3.05) is 18.9 Å². The van der Waals surface area contributed by atoms with E-state index in [9.17, 15) is 13.2 Å². The number of rotatable bonds is 7. The Hall–Kier alpha value is -1.44. The number of nitrogens with two attached hydrogens (primary N) is 1. The molecule has 6 nitrogen and oxygen atoms in total. The van der Waals surface area contributed by atoms with Crippen LogP contribution in [0.3, 0.4) is 0 Å². The molecular weight excluding hydrogens is 278 g/mol. The first-order chi connectivity index (χ1) is 9.42. The molecule has 0 saturated heterocycles. The second kappa shape index (κ2) is 7.37. The lowest BCUT2D eigenvalue weighted by Crippen LogP contribution is -2.22. The van der Waals surface area contributed by atoms with E-state index in [2.05, 4.69) is 10.0 Å². The molecule has 0 bridgehead atoms. The predicted octanol–water partition coefficient (Wildman–Crippen LogP) is 0.908. The van der Waals surface area contributed by atoms with Gasteiger partial charge in [0.25, 0.3) is 0 Å². The molecule has 0 radical (unpaired) electrons. The van der Waals surface area contributed by atoms with Gasteiger partial charge in [0.2, 0.25) is 15.9 Å². The molecule has 0 aromatic heterocycles. The zero-order chi connectivity index (χ0) is 15.2. The largest absolute Gasteiger partial charge is 0.330 e. The van der Waals surface area contributed by atoms with Crippen molar-refractivity contribution in [3.63, 3.8) is 0 Å². The lowest BCUT2D eigenvalue weighted by Gasteiger charge is -2.12. The average Bonchev–Trinajstić information content (AvgIpc) is 2.45. The van der Waals surface area contributed by atoms with Crippen LogP contribution >= 0.6 is 0 Å². The summed E-state index contributed by atoms with van der Waals surface area (Å²) in [5, 5.41) is 2.73. The van der Waals surface area contributed by atoms with Crippen LogP contribution in [0.2, 0.25) is 0 Å². The topological polar surface area (TPSA) is 101 Å². The van der Waals surface area contributed by atoms with Gasteiger partial charge in [0.1, 0.15) is 0 Å². The van der Waals surface area contributed by atoms with Gasteiger partial charge < -0.3 is 11.1 Å². The summed E-state index contributed by atoms with van der Waals surface area (Å²) in [6, 6.07) is 6.01. The molecule has 20 heavy (non-hydrogen) atoms. The van der Waals surface area contributed by atoms with Crippen LogP contribution in [-0.2, 0) is 14.8 Å². The molecule has 1 unspecified atom stereocenters. The van der Waals surface area contributed by atoms with Crippen molar-refractivity contribution in [2.45, 2.75) is 24.7 Å². The van der Waals surface area contributed by atoms with Crippen molar-refractivity contribution in [3.8, 4) is 0 Å². The van der Waals surface area contributed by atoms with Crippen LogP contribution in [0, 0.1) is 5.92 Å². The maximum atomic E-state index is 11.8. The van der Waals surface area contributed by atoms with Crippen LogP contribution in [0.1, 0.15) is 19.8 Å². The monoisotopic (exact) mass is 299 g/mol. The maximum Gasteiger partial charge on any atom is 0.240 e. The molecule has 1 rings (SSSR count). The van der Waals surface area contributed by atoms with Crippen molar-refractivity contribution in [3.05, 3.63) is 24.3 Å². The Morgan fingerprint density at radius 2 is 1.90 bits per heavy atom. The summed E-state index contributed by atoms with van der Waals surface area (Å²) >= 11 is 0. The number of nitrogens with one attached hydrogen (secondary N) is 2. The van der Waals surface area contributed by atoms with Gasteiger partial charge in [-0.25, -0.2) is 13.1 Å². The Bertz CT molecular complexity index is 536. The van der Waals surface area contributed by atoms with E-state index in [0.29, 0.717) is 18.7 Å². The fraction of sp³-hybridized carbons (Fsp3) is 0.462. The number of hydrogen-bond acceptors (Lipinski definition) is 4. The lowest BCUT2D eigenvalue weighted by molar-refractivity contribution is -0.117. The van der Waals surface area contributed by atoms with E-state index < -0.39 is 10.0 Å². The third-order valence-electron chi connectivity index (χ3n) is 3.10. The van der Waals surface area contributed by atoms with Gasteiger partial charge >= 0.3 is 0 Å². The van der Waals surface area contributed by atoms with Crippen LogP contribution in [-0.4, -0.2) is 27.9 Å².